The highest BCUT2D eigenvalue weighted by Gasteiger charge is 2.14. The van der Waals surface area contributed by atoms with E-state index in [1.54, 1.807) is 24.3 Å². The molecule has 1 aromatic heterocycles. The van der Waals surface area contributed by atoms with Crippen molar-refractivity contribution in [3.8, 4) is 17.1 Å². The molecule has 0 aliphatic rings. The predicted octanol–water partition coefficient (Wildman–Crippen LogP) is 2.20. The third-order valence-corrected chi connectivity index (χ3v) is 2.72. The normalized spacial score (nSPS) is 10.2. The summed E-state index contributed by atoms with van der Waals surface area (Å²) in [5.74, 6) is 0.134. The lowest BCUT2D eigenvalue weighted by atomic mass is 10.1. The van der Waals surface area contributed by atoms with Crippen LogP contribution in [0.2, 0.25) is 0 Å². The Morgan fingerprint density at radius 3 is 2.67 bits per heavy atom. The highest BCUT2D eigenvalue weighted by Crippen LogP contribution is 2.30. The second kappa shape index (κ2) is 6.13. The van der Waals surface area contributed by atoms with Gasteiger partial charge in [0.05, 0.1) is 6.61 Å². The maximum absolute atomic E-state index is 11.6. The number of benzene rings is 1. The second-order valence-electron chi connectivity index (χ2n) is 4.36. The third kappa shape index (κ3) is 3.42. The lowest BCUT2D eigenvalue weighted by molar-refractivity contribution is -0.118. The number of imide groups is 1. The molecular weight excluding hydrogens is 272 g/mol. The fourth-order valence-corrected chi connectivity index (χ4v) is 1.85. The van der Waals surface area contributed by atoms with Crippen LogP contribution >= 0.6 is 0 Å². The number of anilines is 1. The number of furan rings is 1. The molecule has 0 atom stereocenters. The Bertz CT molecular complexity index is 676. The molecule has 2 amide bonds. The van der Waals surface area contributed by atoms with Gasteiger partial charge in [-0.25, -0.2) is 0 Å². The first-order valence-electron chi connectivity index (χ1n) is 6.45. The van der Waals surface area contributed by atoms with Gasteiger partial charge in [-0.2, -0.15) is 0 Å². The summed E-state index contributed by atoms with van der Waals surface area (Å²) in [5, 5.41) is 2.14. The average molecular weight is 288 g/mol. The summed E-state index contributed by atoms with van der Waals surface area (Å²) in [6.45, 7) is 3.69. The largest absolute Gasteiger partial charge is 0.494 e. The standard InChI is InChI=1S/C15H16N2O4/c1-3-20-10-4-5-11(12(16)8-10)13-6-7-14(21-13)15(19)17-9(2)18/h4-8H,3,16H2,1-2H3,(H,17,18,19). The molecule has 3 N–H and O–H groups in total. The van der Waals surface area contributed by atoms with Gasteiger partial charge in [-0.1, -0.05) is 0 Å². The zero-order valence-corrected chi connectivity index (χ0v) is 11.8. The van der Waals surface area contributed by atoms with E-state index in [1.165, 1.54) is 13.0 Å². The van der Waals surface area contributed by atoms with Gasteiger partial charge in [0, 0.05) is 24.2 Å². The zero-order chi connectivity index (χ0) is 15.4. The van der Waals surface area contributed by atoms with E-state index >= 15 is 0 Å². The van der Waals surface area contributed by atoms with Crippen molar-refractivity contribution in [3.05, 3.63) is 36.1 Å². The molecule has 21 heavy (non-hydrogen) atoms. The maximum Gasteiger partial charge on any atom is 0.293 e. The van der Waals surface area contributed by atoms with Gasteiger partial charge in [0.15, 0.2) is 5.76 Å². The molecule has 0 fully saturated rings. The smallest absolute Gasteiger partial charge is 0.293 e. The zero-order valence-electron chi connectivity index (χ0n) is 11.8. The number of nitrogens with two attached hydrogens (primary N) is 1. The first kappa shape index (κ1) is 14.6. The van der Waals surface area contributed by atoms with Gasteiger partial charge in [-0.05, 0) is 31.2 Å². The molecule has 0 aliphatic carbocycles. The first-order valence-corrected chi connectivity index (χ1v) is 6.45. The van der Waals surface area contributed by atoms with Crippen molar-refractivity contribution in [2.75, 3.05) is 12.3 Å². The molecule has 0 radical (unpaired) electrons. The van der Waals surface area contributed by atoms with Crippen LogP contribution in [0.15, 0.2) is 34.7 Å². The van der Waals surface area contributed by atoms with E-state index in [1.807, 2.05) is 6.92 Å². The van der Waals surface area contributed by atoms with E-state index in [0.29, 0.717) is 29.4 Å². The number of carbonyl (C=O) groups is 2. The summed E-state index contributed by atoms with van der Waals surface area (Å²) in [4.78, 5) is 22.5. The number of amides is 2. The highest BCUT2D eigenvalue weighted by atomic mass is 16.5. The summed E-state index contributed by atoms with van der Waals surface area (Å²) < 4.78 is 10.8. The number of hydrogen-bond donors (Lipinski definition) is 2. The first-order chi connectivity index (χ1) is 10.0. The predicted molar refractivity (Wildman–Crippen MR) is 77.9 cm³/mol. The molecule has 0 aliphatic heterocycles. The molecule has 6 nitrogen and oxygen atoms in total. The number of nitrogens with one attached hydrogen (secondary N) is 1. The number of ether oxygens (including phenoxy) is 1. The van der Waals surface area contributed by atoms with Crippen LogP contribution in [0.5, 0.6) is 5.75 Å². The number of nitrogen functional groups attached to an aromatic ring is 1. The topological polar surface area (TPSA) is 94.6 Å². The summed E-state index contributed by atoms with van der Waals surface area (Å²) >= 11 is 0. The fourth-order valence-electron chi connectivity index (χ4n) is 1.85. The van der Waals surface area contributed by atoms with Crippen molar-refractivity contribution < 1.29 is 18.7 Å². The molecule has 0 saturated heterocycles. The van der Waals surface area contributed by atoms with Crippen molar-refractivity contribution in [1.29, 1.82) is 0 Å². The molecule has 0 bridgehead atoms. The Balaban J connectivity index is 2.25. The summed E-state index contributed by atoms with van der Waals surface area (Å²) in [6.07, 6.45) is 0. The molecule has 1 heterocycles. The molecule has 2 rings (SSSR count). The van der Waals surface area contributed by atoms with E-state index in [9.17, 15) is 9.59 Å². The van der Waals surface area contributed by atoms with E-state index < -0.39 is 11.8 Å². The monoisotopic (exact) mass is 288 g/mol. The van der Waals surface area contributed by atoms with Crippen molar-refractivity contribution in [1.82, 2.24) is 5.32 Å². The SMILES string of the molecule is CCOc1ccc(-c2ccc(C(=O)NC(C)=O)o2)c(N)c1. The minimum atomic E-state index is -0.585. The van der Waals surface area contributed by atoms with Crippen LogP contribution in [-0.4, -0.2) is 18.4 Å². The Morgan fingerprint density at radius 2 is 2.05 bits per heavy atom. The van der Waals surface area contributed by atoms with Gasteiger partial charge < -0.3 is 14.9 Å². The van der Waals surface area contributed by atoms with Crippen LogP contribution in [-0.2, 0) is 4.79 Å². The number of rotatable bonds is 4. The highest BCUT2D eigenvalue weighted by molar-refractivity contribution is 6.02. The minimum Gasteiger partial charge on any atom is -0.494 e. The molecule has 2 aromatic rings. The van der Waals surface area contributed by atoms with Crippen molar-refractivity contribution >= 4 is 17.5 Å². The van der Waals surface area contributed by atoms with E-state index in [-0.39, 0.29) is 5.76 Å². The van der Waals surface area contributed by atoms with Crippen LogP contribution in [0.3, 0.4) is 0 Å². The Kier molecular flexibility index (Phi) is 4.27. The molecule has 6 heteroatoms. The minimum absolute atomic E-state index is 0.0495. The molecule has 1 aromatic carbocycles. The van der Waals surface area contributed by atoms with E-state index in [4.69, 9.17) is 14.9 Å². The second-order valence-corrected chi connectivity index (χ2v) is 4.36. The van der Waals surface area contributed by atoms with Crippen LogP contribution in [0.4, 0.5) is 5.69 Å². The van der Waals surface area contributed by atoms with E-state index in [0.717, 1.165) is 0 Å². The quantitative estimate of drug-likeness (QED) is 0.841. The lowest BCUT2D eigenvalue weighted by Gasteiger charge is -2.07. The lowest BCUT2D eigenvalue weighted by Crippen LogP contribution is -2.27. The van der Waals surface area contributed by atoms with Crippen LogP contribution in [0.1, 0.15) is 24.4 Å². The number of carbonyl (C=O) groups excluding carboxylic acids is 2. The van der Waals surface area contributed by atoms with Gasteiger partial charge in [-0.15, -0.1) is 0 Å². The van der Waals surface area contributed by atoms with Crippen LogP contribution in [0.25, 0.3) is 11.3 Å². The van der Waals surface area contributed by atoms with Crippen LogP contribution < -0.4 is 15.8 Å². The van der Waals surface area contributed by atoms with Crippen molar-refractivity contribution in [3.63, 3.8) is 0 Å². The Hall–Kier alpha value is -2.76. The molecule has 0 saturated carbocycles. The van der Waals surface area contributed by atoms with Crippen LogP contribution in [0, 0.1) is 0 Å². The fraction of sp³-hybridized carbons (Fsp3) is 0.200. The molecule has 110 valence electrons. The average Bonchev–Trinajstić information content (AvgIpc) is 2.88. The summed E-state index contributed by atoms with van der Waals surface area (Å²) in [5.41, 5.74) is 7.09. The van der Waals surface area contributed by atoms with Gasteiger partial charge >= 0.3 is 0 Å². The van der Waals surface area contributed by atoms with Crippen molar-refractivity contribution in [2.45, 2.75) is 13.8 Å². The molecular formula is C15H16N2O4. The third-order valence-electron chi connectivity index (χ3n) is 2.72. The molecule has 0 spiro atoms. The van der Waals surface area contributed by atoms with Gasteiger partial charge in [0.1, 0.15) is 11.5 Å². The van der Waals surface area contributed by atoms with Gasteiger partial charge in [-0.3, -0.25) is 14.9 Å². The maximum atomic E-state index is 11.6. The Labute approximate surface area is 121 Å². The number of hydrogen-bond acceptors (Lipinski definition) is 5. The Morgan fingerprint density at radius 1 is 1.29 bits per heavy atom. The van der Waals surface area contributed by atoms with Crippen molar-refractivity contribution in [2.24, 2.45) is 0 Å². The summed E-state index contributed by atoms with van der Waals surface area (Å²) in [7, 11) is 0. The van der Waals surface area contributed by atoms with Gasteiger partial charge in [0.25, 0.3) is 5.91 Å². The summed E-state index contributed by atoms with van der Waals surface area (Å²) in [6, 6.07) is 8.33. The van der Waals surface area contributed by atoms with Gasteiger partial charge in [0.2, 0.25) is 5.91 Å². The molecule has 0 unspecified atom stereocenters. The van der Waals surface area contributed by atoms with E-state index in [2.05, 4.69) is 5.32 Å².